The number of methoxy groups -OCH3 is 1. The molecule has 13 nitrogen and oxygen atoms in total. The third-order valence-electron chi connectivity index (χ3n) is 6.92. The van der Waals surface area contributed by atoms with Crippen molar-refractivity contribution >= 4 is 38.5 Å². The topological polar surface area (TPSA) is 193 Å². The van der Waals surface area contributed by atoms with Gasteiger partial charge in [-0.15, -0.1) is 10.2 Å². The van der Waals surface area contributed by atoms with E-state index >= 15 is 0 Å². The van der Waals surface area contributed by atoms with Gasteiger partial charge in [0.1, 0.15) is 23.2 Å². The summed E-state index contributed by atoms with van der Waals surface area (Å²) >= 11 is 0. The highest BCUT2D eigenvalue weighted by molar-refractivity contribution is 7.91. The number of nitrogens with zero attached hydrogens (tertiary/aromatic N) is 5. The van der Waals surface area contributed by atoms with Gasteiger partial charge >= 0.3 is 0 Å². The molecule has 1 heterocycles. The number of sulfone groups is 1. The number of para-hydroxylation sites is 1. The van der Waals surface area contributed by atoms with E-state index in [0.29, 0.717) is 16.9 Å². The quantitative estimate of drug-likeness (QED) is 0.138. The lowest BCUT2D eigenvalue weighted by atomic mass is 10.1. The van der Waals surface area contributed by atoms with Crippen LogP contribution in [0.5, 0.6) is 5.75 Å². The van der Waals surface area contributed by atoms with Crippen LogP contribution in [0.1, 0.15) is 37.5 Å². The Morgan fingerprint density at radius 2 is 1.65 bits per heavy atom. The molecule has 3 rings (SSSR count). The Labute approximate surface area is 270 Å². The summed E-state index contributed by atoms with van der Waals surface area (Å²) in [6.45, 7) is 8.92. The molecular weight excluding hydrogens is 610 g/mol. The molecule has 0 radical (unpaired) electrons. The van der Waals surface area contributed by atoms with Crippen molar-refractivity contribution < 1.29 is 28.5 Å². The van der Waals surface area contributed by atoms with E-state index in [1.54, 1.807) is 45.6 Å². The smallest absolute Gasteiger partial charge is 0.180 e. The second-order valence-corrected chi connectivity index (χ2v) is 13.3. The van der Waals surface area contributed by atoms with Crippen LogP contribution in [0, 0.1) is 25.2 Å². The molecule has 0 saturated heterocycles. The highest BCUT2D eigenvalue weighted by Gasteiger charge is 2.23. The second kappa shape index (κ2) is 16.4. The molecule has 0 bridgehead atoms. The van der Waals surface area contributed by atoms with E-state index in [0.717, 1.165) is 5.69 Å². The molecular formula is C32H43N7O6S. The van der Waals surface area contributed by atoms with Crippen LogP contribution in [-0.2, 0) is 9.84 Å². The van der Waals surface area contributed by atoms with E-state index in [-0.39, 0.29) is 65.3 Å². The van der Waals surface area contributed by atoms with E-state index in [1.165, 1.54) is 13.2 Å². The summed E-state index contributed by atoms with van der Waals surface area (Å²) in [7, 11) is -2.39. The maximum atomic E-state index is 13.4. The molecule has 0 aliphatic carbocycles. The van der Waals surface area contributed by atoms with Gasteiger partial charge in [-0.3, -0.25) is 4.90 Å². The highest BCUT2D eigenvalue weighted by Crippen LogP contribution is 2.38. The average Bonchev–Trinajstić information content (AvgIpc) is 2.98. The third kappa shape index (κ3) is 9.93. The van der Waals surface area contributed by atoms with Gasteiger partial charge in [0.15, 0.2) is 21.5 Å². The monoisotopic (exact) mass is 653 g/mol. The van der Waals surface area contributed by atoms with Gasteiger partial charge in [-0.05, 0) is 58.4 Å². The van der Waals surface area contributed by atoms with Gasteiger partial charge in [-0.25, -0.2) is 13.4 Å². The van der Waals surface area contributed by atoms with Crippen LogP contribution in [0.2, 0.25) is 0 Å². The van der Waals surface area contributed by atoms with Crippen LogP contribution in [0.4, 0.5) is 28.7 Å². The first-order chi connectivity index (χ1) is 21.7. The summed E-state index contributed by atoms with van der Waals surface area (Å²) in [4.78, 5) is 6.38. The van der Waals surface area contributed by atoms with Crippen molar-refractivity contribution in [1.82, 2.24) is 9.88 Å². The molecule has 3 unspecified atom stereocenters. The number of aliphatic hydroxyl groups excluding tert-OH is 3. The predicted molar refractivity (Wildman–Crippen MR) is 177 cm³/mol. The number of aromatic nitrogens is 1. The number of aliphatic hydroxyl groups is 3. The number of pyridine rings is 1. The first kappa shape index (κ1) is 36.3. The Morgan fingerprint density at radius 3 is 2.22 bits per heavy atom. The normalized spacial score (nSPS) is 13.8. The number of rotatable bonds is 16. The zero-order chi connectivity index (χ0) is 34.0. The molecule has 0 aliphatic heterocycles. The van der Waals surface area contributed by atoms with Crippen LogP contribution in [0.15, 0.2) is 57.6 Å². The third-order valence-corrected chi connectivity index (χ3v) is 8.75. The van der Waals surface area contributed by atoms with Gasteiger partial charge < -0.3 is 30.7 Å². The molecule has 14 heteroatoms. The number of aryl methyl sites for hydroxylation is 1. The maximum Gasteiger partial charge on any atom is 0.180 e. The lowest BCUT2D eigenvalue weighted by Crippen LogP contribution is -2.39. The van der Waals surface area contributed by atoms with E-state index in [9.17, 15) is 29.0 Å². The number of ether oxygens (including phenoxy) is 1. The number of anilines is 3. The largest absolute Gasteiger partial charge is 0.494 e. The summed E-state index contributed by atoms with van der Waals surface area (Å²) in [5.41, 5.74) is 2.43. The Bertz CT molecular complexity index is 1650. The minimum Gasteiger partial charge on any atom is -0.494 e. The van der Waals surface area contributed by atoms with Crippen LogP contribution in [0.3, 0.4) is 0 Å². The Hall–Kier alpha value is -4.13. The maximum absolute atomic E-state index is 13.4. The van der Waals surface area contributed by atoms with Crippen LogP contribution in [0.25, 0.3) is 0 Å². The van der Waals surface area contributed by atoms with Crippen LogP contribution < -0.4 is 15.4 Å². The molecule has 0 fully saturated rings. The summed E-state index contributed by atoms with van der Waals surface area (Å²) in [5, 5.41) is 54.6. The van der Waals surface area contributed by atoms with Gasteiger partial charge in [-0.2, -0.15) is 5.26 Å². The van der Waals surface area contributed by atoms with Crippen molar-refractivity contribution in [2.75, 3.05) is 49.7 Å². The number of hydrogen-bond acceptors (Lipinski definition) is 13. The zero-order valence-corrected chi connectivity index (χ0v) is 27.8. The molecule has 3 atom stereocenters. The lowest BCUT2D eigenvalue weighted by Gasteiger charge is -2.25. The van der Waals surface area contributed by atoms with Crippen LogP contribution in [-0.4, -0.2) is 91.0 Å². The standard InChI is InChI=1S/C32H43N7O6S/c1-20-14-27(28(45-6)15-29(20)46(43,44)13-12-39(18-22(3)41)19-23(4)42)37-38-30-24(5)26(16-33)31(35-25-10-8-7-9-11-25)36-32(30)34-17-21(2)40/h7-11,14-15,21-23,40-42H,12-13,17-19H2,1-6H3,(H2,34,35,36). The Balaban J connectivity index is 2.00. The molecule has 0 amide bonds. The Morgan fingerprint density at radius 1 is 1.00 bits per heavy atom. The van der Waals surface area contributed by atoms with Crippen LogP contribution >= 0.6 is 0 Å². The van der Waals surface area contributed by atoms with E-state index in [1.807, 2.05) is 30.3 Å². The van der Waals surface area contributed by atoms with Gasteiger partial charge in [0.25, 0.3) is 0 Å². The molecule has 5 N–H and O–H groups in total. The molecule has 0 spiro atoms. The van der Waals surface area contributed by atoms with Crippen molar-refractivity contribution in [3.63, 3.8) is 0 Å². The minimum absolute atomic E-state index is 0.0672. The van der Waals surface area contributed by atoms with E-state index < -0.39 is 28.1 Å². The number of nitrogens with one attached hydrogen (secondary N) is 2. The fraction of sp³-hybridized carbons (Fsp3) is 0.438. The molecule has 248 valence electrons. The zero-order valence-electron chi connectivity index (χ0n) is 27.0. The molecule has 0 saturated carbocycles. The molecule has 2 aromatic carbocycles. The second-order valence-electron chi connectivity index (χ2n) is 11.3. The van der Waals surface area contributed by atoms with Crippen molar-refractivity contribution in [3.05, 3.63) is 59.2 Å². The van der Waals surface area contributed by atoms with Gasteiger partial charge in [-0.1, -0.05) is 18.2 Å². The van der Waals surface area contributed by atoms with Crippen molar-refractivity contribution in [1.29, 1.82) is 5.26 Å². The number of nitriles is 1. The number of azo groups is 1. The van der Waals surface area contributed by atoms with Gasteiger partial charge in [0.05, 0.1) is 41.6 Å². The minimum atomic E-state index is -3.79. The van der Waals surface area contributed by atoms with Crippen molar-refractivity contribution in [3.8, 4) is 11.8 Å². The first-order valence-corrected chi connectivity index (χ1v) is 16.5. The Kier molecular flexibility index (Phi) is 13.0. The molecule has 46 heavy (non-hydrogen) atoms. The molecule has 3 aromatic rings. The van der Waals surface area contributed by atoms with Gasteiger partial charge in [0, 0.05) is 43.5 Å². The van der Waals surface area contributed by atoms with Crippen molar-refractivity contribution in [2.45, 2.75) is 57.8 Å². The fourth-order valence-corrected chi connectivity index (χ4v) is 6.32. The summed E-state index contributed by atoms with van der Waals surface area (Å²) in [6.07, 6.45) is -2.07. The summed E-state index contributed by atoms with van der Waals surface area (Å²) in [6, 6.07) is 14.4. The average molecular weight is 654 g/mol. The number of hydrogen-bond donors (Lipinski definition) is 5. The molecule has 0 aliphatic rings. The lowest BCUT2D eigenvalue weighted by molar-refractivity contribution is 0.0873. The summed E-state index contributed by atoms with van der Waals surface area (Å²) in [5.74, 6) is 0.528. The predicted octanol–water partition coefficient (Wildman–Crippen LogP) is 4.37. The highest BCUT2D eigenvalue weighted by atomic mass is 32.2. The number of benzene rings is 2. The van der Waals surface area contributed by atoms with Gasteiger partial charge in [0.2, 0.25) is 0 Å². The fourth-order valence-electron chi connectivity index (χ4n) is 4.77. The molecule has 1 aromatic heterocycles. The van der Waals surface area contributed by atoms with Crippen molar-refractivity contribution in [2.24, 2.45) is 10.2 Å². The van der Waals surface area contributed by atoms with E-state index in [4.69, 9.17) is 4.74 Å². The first-order valence-electron chi connectivity index (χ1n) is 14.9. The SMILES string of the molecule is COc1cc(S(=O)(=O)CCN(CC(C)O)CC(C)O)c(C)cc1N=Nc1c(NCC(C)O)nc(Nc2ccccc2)c(C#N)c1C. The summed E-state index contributed by atoms with van der Waals surface area (Å²) < 4.78 is 32.3. The van der Waals surface area contributed by atoms with E-state index in [2.05, 4.69) is 31.9 Å².